The highest BCUT2D eigenvalue weighted by Gasteiger charge is 2.43. The van der Waals surface area contributed by atoms with E-state index < -0.39 is 12.0 Å². The van der Waals surface area contributed by atoms with E-state index in [1.807, 2.05) is 60.8 Å². The molecule has 0 bridgehead atoms. The van der Waals surface area contributed by atoms with E-state index in [0.29, 0.717) is 12.1 Å². The fourth-order valence-corrected chi connectivity index (χ4v) is 4.99. The molecule has 0 spiro atoms. The molecule has 2 unspecified atom stereocenters. The summed E-state index contributed by atoms with van der Waals surface area (Å²) in [5, 5.41) is 4.18. The molecule has 5 rings (SSSR count). The van der Waals surface area contributed by atoms with Crippen LogP contribution in [-0.4, -0.2) is 35.3 Å². The Bertz CT molecular complexity index is 1340. The molecule has 1 aromatic heterocycles. The number of hydrogen-bond acceptors (Lipinski definition) is 2. The normalized spacial score (nSPS) is 17.8. The van der Waals surface area contributed by atoms with Crippen molar-refractivity contribution in [3.05, 3.63) is 107 Å². The van der Waals surface area contributed by atoms with Crippen LogP contribution in [-0.2, 0) is 11.2 Å². The average molecular weight is 438 g/mol. The van der Waals surface area contributed by atoms with Crippen molar-refractivity contribution >= 4 is 22.7 Å². The van der Waals surface area contributed by atoms with Crippen molar-refractivity contribution in [1.29, 1.82) is 0 Å². The summed E-state index contributed by atoms with van der Waals surface area (Å²) in [5.41, 5.74) is 5.72. The van der Waals surface area contributed by atoms with Gasteiger partial charge in [0.15, 0.2) is 0 Å². The minimum absolute atomic E-state index is 0.0651. The zero-order valence-corrected chi connectivity index (χ0v) is 18.8. The lowest BCUT2D eigenvalue weighted by atomic mass is 9.79. The van der Waals surface area contributed by atoms with Crippen LogP contribution in [0, 0.1) is 6.92 Å². The molecule has 1 aliphatic rings. The van der Waals surface area contributed by atoms with Gasteiger partial charge in [-0.15, -0.1) is 0 Å². The molecule has 33 heavy (non-hydrogen) atoms. The number of nitrogens with one attached hydrogen (secondary N) is 2. The quantitative estimate of drug-likeness (QED) is 0.473. The summed E-state index contributed by atoms with van der Waals surface area (Å²) >= 11 is 0. The van der Waals surface area contributed by atoms with Gasteiger partial charge in [0.2, 0.25) is 5.91 Å². The van der Waals surface area contributed by atoms with Gasteiger partial charge in [-0.1, -0.05) is 66.2 Å². The second-order valence-electron chi connectivity index (χ2n) is 8.75. The summed E-state index contributed by atoms with van der Waals surface area (Å²) in [5.74, 6) is -0.630. The van der Waals surface area contributed by atoms with E-state index in [4.69, 9.17) is 0 Å². The van der Waals surface area contributed by atoms with E-state index >= 15 is 0 Å². The van der Waals surface area contributed by atoms with Crippen LogP contribution in [0.5, 0.6) is 0 Å². The van der Waals surface area contributed by atoms with Crippen molar-refractivity contribution in [2.45, 2.75) is 25.3 Å². The second kappa shape index (κ2) is 8.58. The average Bonchev–Trinajstić information content (AvgIpc) is 3.25. The fourth-order valence-electron chi connectivity index (χ4n) is 4.99. The fraction of sp³-hybridized carbons (Fsp3) is 0.214. The van der Waals surface area contributed by atoms with Gasteiger partial charge in [0.05, 0.1) is 12.0 Å². The molecule has 2 atom stereocenters. The number of H-pyrrole nitrogens is 1. The number of fused-ring (bicyclic) bond motifs is 2. The lowest BCUT2D eigenvalue weighted by Crippen LogP contribution is -2.45. The number of hydrogen-bond donors (Lipinski definition) is 2. The van der Waals surface area contributed by atoms with Crippen LogP contribution in [0.4, 0.5) is 0 Å². The molecule has 4 aromatic rings. The van der Waals surface area contributed by atoms with Crippen LogP contribution in [0.25, 0.3) is 10.9 Å². The van der Waals surface area contributed by atoms with Gasteiger partial charge in [-0.2, -0.15) is 0 Å². The number of para-hydroxylation sites is 1. The Morgan fingerprint density at radius 1 is 1.00 bits per heavy atom. The summed E-state index contributed by atoms with van der Waals surface area (Å²) in [4.78, 5) is 31.9. The predicted molar refractivity (Wildman–Crippen MR) is 130 cm³/mol. The number of rotatable bonds is 5. The largest absolute Gasteiger partial charge is 0.361 e. The molecule has 166 valence electrons. The Labute approximate surface area is 193 Å². The van der Waals surface area contributed by atoms with Gasteiger partial charge in [0.25, 0.3) is 5.91 Å². The molecule has 2 N–H and O–H groups in total. The number of amides is 2. The first-order valence-corrected chi connectivity index (χ1v) is 11.3. The van der Waals surface area contributed by atoms with Crippen LogP contribution in [0.2, 0.25) is 0 Å². The van der Waals surface area contributed by atoms with Crippen molar-refractivity contribution < 1.29 is 9.59 Å². The highest BCUT2D eigenvalue weighted by Crippen LogP contribution is 2.44. The van der Waals surface area contributed by atoms with Gasteiger partial charge >= 0.3 is 0 Å². The van der Waals surface area contributed by atoms with E-state index in [2.05, 4.69) is 35.4 Å². The monoisotopic (exact) mass is 437 g/mol. The highest BCUT2D eigenvalue weighted by molar-refractivity contribution is 6.02. The highest BCUT2D eigenvalue weighted by atomic mass is 16.2. The van der Waals surface area contributed by atoms with Crippen molar-refractivity contribution in [1.82, 2.24) is 15.2 Å². The molecule has 3 aromatic carbocycles. The first kappa shape index (κ1) is 21.0. The molecule has 2 heterocycles. The van der Waals surface area contributed by atoms with E-state index in [1.165, 1.54) is 11.1 Å². The third-order valence-corrected chi connectivity index (χ3v) is 6.60. The molecule has 0 aliphatic carbocycles. The Hall–Kier alpha value is -3.86. The number of carbonyl (C=O) groups is 2. The van der Waals surface area contributed by atoms with Crippen LogP contribution in [0.1, 0.15) is 44.6 Å². The summed E-state index contributed by atoms with van der Waals surface area (Å²) in [6, 6.07) is 23.4. The zero-order chi connectivity index (χ0) is 22.9. The van der Waals surface area contributed by atoms with Gasteiger partial charge in [-0.3, -0.25) is 9.59 Å². The Morgan fingerprint density at radius 3 is 2.64 bits per heavy atom. The standard InChI is InChI=1S/C28H27N3O2/c1-18-8-7-9-19(16-18)14-15-29-27(32)25-21-11-3-4-12-22(21)28(33)31(2)26(25)23-17-30-24-13-6-5-10-20(23)24/h3-13,16-17,25-26,30H,14-15H2,1-2H3,(H,29,32). The number of likely N-dealkylation sites (N-methyl/N-ethyl adjacent to an activating group) is 1. The second-order valence-corrected chi connectivity index (χ2v) is 8.75. The number of aromatic amines is 1. The lowest BCUT2D eigenvalue weighted by molar-refractivity contribution is -0.124. The lowest BCUT2D eigenvalue weighted by Gasteiger charge is -2.39. The predicted octanol–water partition coefficient (Wildman–Crippen LogP) is 4.75. The molecular weight excluding hydrogens is 410 g/mol. The molecule has 0 radical (unpaired) electrons. The molecule has 1 aliphatic heterocycles. The summed E-state index contributed by atoms with van der Waals surface area (Å²) in [6.45, 7) is 2.61. The van der Waals surface area contributed by atoms with Gasteiger partial charge in [-0.25, -0.2) is 0 Å². The number of carbonyl (C=O) groups excluding carboxylic acids is 2. The van der Waals surface area contributed by atoms with Gasteiger partial charge in [0.1, 0.15) is 0 Å². The summed E-state index contributed by atoms with van der Waals surface area (Å²) in [6.07, 6.45) is 2.69. The van der Waals surface area contributed by atoms with Crippen molar-refractivity contribution in [3.8, 4) is 0 Å². The maximum Gasteiger partial charge on any atom is 0.254 e. The first-order valence-electron chi connectivity index (χ1n) is 11.3. The zero-order valence-electron chi connectivity index (χ0n) is 18.8. The van der Waals surface area contributed by atoms with E-state index in [-0.39, 0.29) is 11.8 Å². The SMILES string of the molecule is Cc1cccc(CCNC(=O)C2c3ccccc3C(=O)N(C)C2c2c[nH]c3ccccc23)c1. The molecule has 5 heteroatoms. The molecule has 2 amide bonds. The molecule has 0 saturated heterocycles. The van der Waals surface area contributed by atoms with Crippen LogP contribution < -0.4 is 5.32 Å². The Kier molecular flexibility index (Phi) is 5.47. The third kappa shape index (κ3) is 3.80. The van der Waals surface area contributed by atoms with E-state index in [0.717, 1.165) is 28.5 Å². The molecule has 0 saturated carbocycles. The van der Waals surface area contributed by atoms with E-state index in [1.54, 1.807) is 11.9 Å². The van der Waals surface area contributed by atoms with Crippen LogP contribution >= 0.6 is 0 Å². The first-order chi connectivity index (χ1) is 16.0. The number of aromatic nitrogens is 1. The van der Waals surface area contributed by atoms with Crippen molar-refractivity contribution in [3.63, 3.8) is 0 Å². The number of aryl methyl sites for hydroxylation is 1. The van der Waals surface area contributed by atoms with Gasteiger partial charge < -0.3 is 15.2 Å². The molecular formula is C28H27N3O2. The van der Waals surface area contributed by atoms with Crippen molar-refractivity contribution in [2.24, 2.45) is 0 Å². The topological polar surface area (TPSA) is 65.2 Å². The maximum absolute atomic E-state index is 13.7. The van der Waals surface area contributed by atoms with Crippen molar-refractivity contribution in [2.75, 3.05) is 13.6 Å². The Balaban J connectivity index is 1.50. The van der Waals surface area contributed by atoms with E-state index in [9.17, 15) is 9.59 Å². The van der Waals surface area contributed by atoms with Gasteiger partial charge in [-0.05, 0) is 36.6 Å². The summed E-state index contributed by atoms with van der Waals surface area (Å²) < 4.78 is 0. The minimum atomic E-state index is -0.499. The summed E-state index contributed by atoms with van der Waals surface area (Å²) in [7, 11) is 1.79. The Morgan fingerprint density at radius 2 is 1.79 bits per heavy atom. The number of nitrogens with zero attached hydrogens (tertiary/aromatic N) is 1. The minimum Gasteiger partial charge on any atom is -0.361 e. The number of benzene rings is 3. The van der Waals surface area contributed by atoms with Crippen LogP contribution in [0.3, 0.4) is 0 Å². The molecule has 0 fully saturated rings. The molecule has 5 nitrogen and oxygen atoms in total. The smallest absolute Gasteiger partial charge is 0.254 e. The van der Waals surface area contributed by atoms with Gasteiger partial charge in [0, 0.05) is 41.8 Å². The van der Waals surface area contributed by atoms with Crippen LogP contribution in [0.15, 0.2) is 79.0 Å². The third-order valence-electron chi connectivity index (χ3n) is 6.60. The maximum atomic E-state index is 13.7.